The second kappa shape index (κ2) is 7.06. The third-order valence-electron chi connectivity index (χ3n) is 4.72. The van der Waals surface area contributed by atoms with Crippen molar-refractivity contribution in [3.8, 4) is 0 Å². The van der Waals surface area contributed by atoms with Gasteiger partial charge in [0.15, 0.2) is 0 Å². The number of carbonyl (C=O) groups excluding carboxylic acids is 2. The number of benzene rings is 1. The van der Waals surface area contributed by atoms with Crippen molar-refractivity contribution in [1.82, 2.24) is 24.8 Å². The molecule has 0 aliphatic carbocycles. The quantitative estimate of drug-likeness (QED) is 0.713. The van der Waals surface area contributed by atoms with Gasteiger partial charge in [-0.25, -0.2) is 4.79 Å². The van der Waals surface area contributed by atoms with E-state index in [0.29, 0.717) is 54.9 Å². The molecule has 1 aromatic carbocycles. The summed E-state index contributed by atoms with van der Waals surface area (Å²) in [6.07, 6.45) is 2.30. The van der Waals surface area contributed by atoms with E-state index in [1.807, 2.05) is 0 Å². The first-order valence-electron chi connectivity index (χ1n) is 8.83. The Labute approximate surface area is 154 Å². The van der Waals surface area contributed by atoms with Gasteiger partial charge in [0.2, 0.25) is 0 Å². The molecule has 0 saturated carbocycles. The van der Waals surface area contributed by atoms with Crippen LogP contribution in [0.1, 0.15) is 27.3 Å². The SMILES string of the molecule is O=C(c1ccc2[nH]c(=O)[nH]c2c1)N1CCCN(C(=O)c2ccccn2)CC1. The van der Waals surface area contributed by atoms with E-state index < -0.39 is 0 Å². The van der Waals surface area contributed by atoms with E-state index in [1.165, 1.54) is 0 Å². The van der Waals surface area contributed by atoms with Crippen LogP contribution >= 0.6 is 0 Å². The molecular weight excluding hydrogens is 346 g/mol. The lowest BCUT2D eigenvalue weighted by molar-refractivity contribution is 0.0716. The Balaban J connectivity index is 1.47. The van der Waals surface area contributed by atoms with Gasteiger partial charge in [-0.15, -0.1) is 0 Å². The van der Waals surface area contributed by atoms with Crippen LogP contribution < -0.4 is 5.69 Å². The van der Waals surface area contributed by atoms with E-state index in [0.717, 1.165) is 0 Å². The average Bonchev–Trinajstić information content (AvgIpc) is 2.90. The zero-order valence-corrected chi connectivity index (χ0v) is 14.6. The largest absolute Gasteiger partial charge is 0.337 e. The highest BCUT2D eigenvalue weighted by Crippen LogP contribution is 2.15. The first kappa shape index (κ1) is 17.0. The summed E-state index contributed by atoms with van der Waals surface area (Å²) in [5, 5.41) is 0. The van der Waals surface area contributed by atoms with Crippen LogP contribution in [0.15, 0.2) is 47.4 Å². The molecule has 0 unspecified atom stereocenters. The third-order valence-corrected chi connectivity index (χ3v) is 4.72. The Morgan fingerprint density at radius 3 is 2.37 bits per heavy atom. The highest BCUT2D eigenvalue weighted by Gasteiger charge is 2.24. The van der Waals surface area contributed by atoms with Crippen molar-refractivity contribution in [3.63, 3.8) is 0 Å². The van der Waals surface area contributed by atoms with Crippen LogP contribution in [0.3, 0.4) is 0 Å². The number of amides is 2. The molecule has 0 atom stereocenters. The van der Waals surface area contributed by atoms with E-state index in [4.69, 9.17) is 0 Å². The summed E-state index contributed by atoms with van der Waals surface area (Å²) in [4.78, 5) is 49.7. The summed E-state index contributed by atoms with van der Waals surface area (Å²) in [6.45, 7) is 2.08. The number of rotatable bonds is 2. The Bertz CT molecular complexity index is 1040. The van der Waals surface area contributed by atoms with Gasteiger partial charge >= 0.3 is 5.69 Å². The van der Waals surface area contributed by atoms with Gasteiger partial charge in [-0.1, -0.05) is 6.07 Å². The number of carbonyl (C=O) groups is 2. The predicted octanol–water partition coefficient (Wildman–Crippen LogP) is 1.24. The lowest BCUT2D eigenvalue weighted by Gasteiger charge is -2.22. The Morgan fingerprint density at radius 2 is 1.63 bits per heavy atom. The number of nitrogens with zero attached hydrogens (tertiary/aromatic N) is 3. The molecule has 2 aromatic heterocycles. The average molecular weight is 365 g/mol. The first-order valence-corrected chi connectivity index (χ1v) is 8.83. The number of aromatic amines is 2. The van der Waals surface area contributed by atoms with Gasteiger partial charge in [0.1, 0.15) is 5.69 Å². The predicted molar refractivity (Wildman–Crippen MR) is 99.6 cm³/mol. The van der Waals surface area contributed by atoms with Crippen LogP contribution in [0.2, 0.25) is 0 Å². The van der Waals surface area contributed by atoms with E-state index in [1.54, 1.807) is 52.4 Å². The van der Waals surface area contributed by atoms with E-state index >= 15 is 0 Å². The molecule has 1 aliphatic rings. The second-order valence-corrected chi connectivity index (χ2v) is 6.49. The molecule has 2 N–H and O–H groups in total. The maximum atomic E-state index is 12.9. The van der Waals surface area contributed by atoms with Gasteiger partial charge in [-0.3, -0.25) is 14.6 Å². The minimum atomic E-state index is -0.298. The zero-order valence-electron chi connectivity index (χ0n) is 14.6. The summed E-state index contributed by atoms with van der Waals surface area (Å²) in [6, 6.07) is 10.4. The van der Waals surface area contributed by atoms with Crippen LogP contribution in [-0.2, 0) is 0 Å². The van der Waals surface area contributed by atoms with Crippen molar-refractivity contribution < 1.29 is 9.59 Å². The summed E-state index contributed by atoms with van der Waals surface area (Å²) < 4.78 is 0. The van der Waals surface area contributed by atoms with Crippen molar-refractivity contribution in [3.05, 3.63) is 64.3 Å². The van der Waals surface area contributed by atoms with Gasteiger partial charge in [-0.2, -0.15) is 0 Å². The number of fused-ring (bicyclic) bond motifs is 1. The van der Waals surface area contributed by atoms with Crippen molar-refractivity contribution in [1.29, 1.82) is 0 Å². The molecule has 27 heavy (non-hydrogen) atoms. The Morgan fingerprint density at radius 1 is 0.889 bits per heavy atom. The maximum Gasteiger partial charge on any atom is 0.323 e. The number of hydrogen-bond acceptors (Lipinski definition) is 4. The summed E-state index contributed by atoms with van der Waals surface area (Å²) in [5.41, 5.74) is 1.90. The summed E-state index contributed by atoms with van der Waals surface area (Å²) >= 11 is 0. The van der Waals surface area contributed by atoms with E-state index in [2.05, 4.69) is 15.0 Å². The highest BCUT2D eigenvalue weighted by molar-refractivity contribution is 5.97. The molecule has 3 aromatic rings. The van der Waals surface area contributed by atoms with Gasteiger partial charge in [-0.05, 0) is 36.8 Å². The van der Waals surface area contributed by atoms with Gasteiger partial charge < -0.3 is 19.8 Å². The van der Waals surface area contributed by atoms with Crippen LogP contribution in [0.25, 0.3) is 11.0 Å². The summed E-state index contributed by atoms with van der Waals surface area (Å²) in [5.74, 6) is -0.220. The number of aromatic nitrogens is 3. The molecule has 8 nitrogen and oxygen atoms in total. The lowest BCUT2D eigenvalue weighted by Crippen LogP contribution is -2.37. The molecule has 3 heterocycles. The van der Waals surface area contributed by atoms with Crippen molar-refractivity contribution in [2.24, 2.45) is 0 Å². The van der Waals surface area contributed by atoms with Crippen LogP contribution in [0.4, 0.5) is 0 Å². The second-order valence-electron chi connectivity index (χ2n) is 6.49. The fraction of sp³-hybridized carbons (Fsp3) is 0.263. The van der Waals surface area contributed by atoms with Crippen LogP contribution in [0.5, 0.6) is 0 Å². The number of H-pyrrole nitrogens is 2. The minimum absolute atomic E-state index is 0.105. The summed E-state index contributed by atoms with van der Waals surface area (Å²) in [7, 11) is 0. The molecule has 0 radical (unpaired) electrons. The van der Waals surface area contributed by atoms with Crippen molar-refractivity contribution >= 4 is 22.8 Å². The lowest BCUT2D eigenvalue weighted by atomic mass is 10.1. The normalized spacial score (nSPS) is 15.0. The number of hydrogen-bond donors (Lipinski definition) is 2. The zero-order chi connectivity index (χ0) is 18.8. The Kier molecular flexibility index (Phi) is 4.45. The van der Waals surface area contributed by atoms with Gasteiger partial charge in [0.25, 0.3) is 11.8 Å². The smallest absolute Gasteiger partial charge is 0.323 e. The molecular formula is C19H19N5O3. The number of pyridine rings is 1. The highest BCUT2D eigenvalue weighted by atomic mass is 16.2. The first-order chi connectivity index (χ1) is 13.1. The number of nitrogens with one attached hydrogen (secondary N) is 2. The number of imidazole rings is 1. The molecule has 138 valence electrons. The monoisotopic (exact) mass is 365 g/mol. The molecule has 1 fully saturated rings. The van der Waals surface area contributed by atoms with Crippen LogP contribution in [0, 0.1) is 0 Å². The fourth-order valence-corrected chi connectivity index (χ4v) is 3.32. The van der Waals surface area contributed by atoms with Crippen molar-refractivity contribution in [2.45, 2.75) is 6.42 Å². The van der Waals surface area contributed by atoms with Crippen molar-refractivity contribution in [2.75, 3.05) is 26.2 Å². The van der Waals surface area contributed by atoms with E-state index in [-0.39, 0.29) is 17.5 Å². The molecule has 1 aliphatic heterocycles. The molecule has 0 bridgehead atoms. The Hall–Kier alpha value is -3.42. The van der Waals surface area contributed by atoms with Gasteiger partial charge in [0.05, 0.1) is 11.0 Å². The topological polar surface area (TPSA) is 102 Å². The molecule has 1 saturated heterocycles. The third kappa shape index (κ3) is 3.46. The van der Waals surface area contributed by atoms with Gasteiger partial charge in [0, 0.05) is 37.9 Å². The van der Waals surface area contributed by atoms with Crippen LogP contribution in [-0.4, -0.2) is 62.7 Å². The minimum Gasteiger partial charge on any atom is -0.337 e. The molecule has 0 spiro atoms. The fourth-order valence-electron chi connectivity index (χ4n) is 3.32. The molecule has 8 heteroatoms. The molecule has 2 amide bonds. The van der Waals surface area contributed by atoms with E-state index in [9.17, 15) is 14.4 Å². The maximum absolute atomic E-state index is 12.9. The molecule has 4 rings (SSSR count). The standard InChI is InChI=1S/C19H19N5O3/c25-17(13-5-6-14-16(12-13)22-19(27)21-14)23-8-3-9-24(11-10-23)18(26)15-4-1-2-7-20-15/h1-2,4-7,12H,3,8-11H2,(H2,21,22,27).